The van der Waals surface area contributed by atoms with Gasteiger partial charge in [0, 0.05) is 11.1 Å². The van der Waals surface area contributed by atoms with Gasteiger partial charge < -0.3 is 0 Å². The van der Waals surface area contributed by atoms with E-state index in [0.29, 0.717) is 16.3 Å². The number of nitrogens with one attached hydrogen (secondary N) is 2. The van der Waals surface area contributed by atoms with Crippen LogP contribution in [0.5, 0.6) is 0 Å². The molecule has 0 atom stereocenters. The fraction of sp³-hybridized carbons (Fsp3) is 0.0500. The molecular formula is C20H16ClFN4O4S. The third-order valence-electron chi connectivity index (χ3n) is 4.16. The fourth-order valence-corrected chi connectivity index (χ4v) is 3.85. The highest BCUT2D eigenvalue weighted by Gasteiger charge is 2.22. The van der Waals surface area contributed by atoms with Crippen molar-refractivity contribution in [3.05, 3.63) is 93.2 Å². The average molecular weight is 463 g/mol. The van der Waals surface area contributed by atoms with Crippen molar-refractivity contribution in [3.63, 3.8) is 0 Å². The van der Waals surface area contributed by atoms with E-state index < -0.39 is 26.5 Å². The number of nitrogens with zero attached hydrogens (tertiary/aromatic N) is 2. The zero-order valence-electron chi connectivity index (χ0n) is 16.0. The highest BCUT2D eigenvalue weighted by atomic mass is 35.5. The van der Waals surface area contributed by atoms with Crippen LogP contribution in [0, 0.1) is 15.9 Å². The molecule has 0 bridgehead atoms. The maximum atomic E-state index is 13.0. The number of hydrazone groups is 1. The van der Waals surface area contributed by atoms with Gasteiger partial charge in [-0.05, 0) is 55.0 Å². The van der Waals surface area contributed by atoms with E-state index in [1.54, 1.807) is 19.1 Å². The minimum absolute atomic E-state index is 0.00633. The topological polar surface area (TPSA) is 114 Å². The summed E-state index contributed by atoms with van der Waals surface area (Å²) in [5.74, 6) is -0.400. The van der Waals surface area contributed by atoms with Crippen LogP contribution in [-0.2, 0) is 10.0 Å². The number of anilines is 2. The zero-order chi connectivity index (χ0) is 22.6. The van der Waals surface area contributed by atoms with Crippen molar-refractivity contribution >= 4 is 44.4 Å². The minimum atomic E-state index is -4.09. The molecule has 160 valence electrons. The second kappa shape index (κ2) is 9.11. The molecular weight excluding hydrogens is 447 g/mol. The van der Waals surface area contributed by atoms with Crippen molar-refractivity contribution in [1.29, 1.82) is 0 Å². The molecule has 3 aromatic rings. The SMILES string of the molecule is CC(=NNc1ccc(S(=O)(=O)Nc2cccc(Cl)c2)cc1[N+](=O)[O-])c1ccc(F)cc1. The molecule has 11 heteroatoms. The highest BCUT2D eigenvalue weighted by Crippen LogP contribution is 2.29. The van der Waals surface area contributed by atoms with Crippen LogP contribution in [0.2, 0.25) is 5.02 Å². The van der Waals surface area contributed by atoms with Crippen molar-refractivity contribution in [1.82, 2.24) is 0 Å². The Balaban J connectivity index is 1.88. The van der Waals surface area contributed by atoms with Gasteiger partial charge in [0.1, 0.15) is 11.5 Å². The van der Waals surface area contributed by atoms with E-state index in [9.17, 15) is 22.9 Å². The quantitative estimate of drug-likeness (QED) is 0.290. The molecule has 0 unspecified atom stereocenters. The third-order valence-corrected chi connectivity index (χ3v) is 5.77. The number of sulfonamides is 1. The lowest BCUT2D eigenvalue weighted by molar-refractivity contribution is -0.384. The number of rotatable bonds is 7. The van der Waals surface area contributed by atoms with Crippen LogP contribution in [0.3, 0.4) is 0 Å². The first kappa shape index (κ1) is 22.2. The summed E-state index contributed by atoms with van der Waals surface area (Å²) in [6.07, 6.45) is 0. The van der Waals surface area contributed by atoms with Crippen molar-refractivity contribution in [3.8, 4) is 0 Å². The van der Waals surface area contributed by atoms with Crippen LogP contribution >= 0.6 is 11.6 Å². The number of nitro groups is 1. The zero-order valence-corrected chi connectivity index (χ0v) is 17.6. The van der Waals surface area contributed by atoms with Gasteiger partial charge in [0.25, 0.3) is 15.7 Å². The third kappa shape index (κ3) is 5.56. The Morgan fingerprint density at radius 1 is 1.10 bits per heavy atom. The molecule has 3 aromatic carbocycles. The standard InChI is InChI=1S/C20H16ClFN4O4S/c1-13(14-5-7-16(22)8-6-14)23-24-19-10-9-18(12-20(19)26(27)28)31(29,30)25-17-4-2-3-15(21)11-17/h2-12,24-25H,1H3. The Kier molecular flexibility index (Phi) is 6.52. The number of hydrogen-bond acceptors (Lipinski definition) is 6. The number of hydrogen-bond donors (Lipinski definition) is 2. The van der Waals surface area contributed by atoms with Gasteiger partial charge in [0.2, 0.25) is 0 Å². The molecule has 0 radical (unpaired) electrons. The van der Waals surface area contributed by atoms with Crippen molar-refractivity contribution in [2.45, 2.75) is 11.8 Å². The molecule has 0 spiro atoms. The maximum absolute atomic E-state index is 13.0. The Labute approximate surface area is 182 Å². The predicted octanol–water partition coefficient (Wildman–Crippen LogP) is 5.02. The Morgan fingerprint density at radius 2 is 1.81 bits per heavy atom. The van der Waals surface area contributed by atoms with Gasteiger partial charge >= 0.3 is 0 Å². The molecule has 0 saturated carbocycles. The van der Waals surface area contributed by atoms with E-state index >= 15 is 0 Å². The number of halogens is 2. The number of benzene rings is 3. The lowest BCUT2D eigenvalue weighted by Gasteiger charge is -2.10. The van der Waals surface area contributed by atoms with E-state index in [0.717, 1.165) is 6.07 Å². The molecule has 0 aromatic heterocycles. The summed E-state index contributed by atoms with van der Waals surface area (Å²) < 4.78 is 40.6. The van der Waals surface area contributed by atoms with Gasteiger partial charge in [-0.25, -0.2) is 12.8 Å². The molecule has 0 amide bonds. The summed E-state index contributed by atoms with van der Waals surface area (Å²) in [4.78, 5) is 10.5. The molecule has 3 rings (SSSR count). The normalized spacial score (nSPS) is 11.8. The first-order valence-corrected chi connectivity index (χ1v) is 10.6. The summed E-state index contributed by atoms with van der Waals surface area (Å²) in [5.41, 5.74) is 3.36. The summed E-state index contributed by atoms with van der Waals surface area (Å²) in [5, 5.41) is 15.9. The van der Waals surface area contributed by atoms with Crippen LogP contribution in [0.1, 0.15) is 12.5 Å². The van der Waals surface area contributed by atoms with Crippen molar-refractivity contribution in [2.24, 2.45) is 5.10 Å². The minimum Gasteiger partial charge on any atom is -0.280 e. The molecule has 0 heterocycles. The summed E-state index contributed by atoms with van der Waals surface area (Å²) in [7, 11) is -4.09. The predicted molar refractivity (Wildman–Crippen MR) is 118 cm³/mol. The molecule has 31 heavy (non-hydrogen) atoms. The molecule has 0 aliphatic carbocycles. The van der Waals surface area contributed by atoms with E-state index in [-0.39, 0.29) is 16.3 Å². The molecule has 8 nitrogen and oxygen atoms in total. The van der Waals surface area contributed by atoms with Gasteiger partial charge in [-0.15, -0.1) is 0 Å². The average Bonchev–Trinajstić information content (AvgIpc) is 2.72. The number of nitro benzene ring substituents is 1. The fourth-order valence-electron chi connectivity index (χ4n) is 2.59. The summed E-state index contributed by atoms with van der Waals surface area (Å²) in [6.45, 7) is 1.64. The van der Waals surface area contributed by atoms with E-state index in [1.165, 1.54) is 48.5 Å². The van der Waals surface area contributed by atoms with Crippen LogP contribution in [0.25, 0.3) is 0 Å². The van der Waals surface area contributed by atoms with Gasteiger partial charge in [-0.1, -0.05) is 29.8 Å². The van der Waals surface area contributed by atoms with Gasteiger partial charge in [0.05, 0.1) is 21.2 Å². The lowest BCUT2D eigenvalue weighted by Crippen LogP contribution is -2.13. The Bertz CT molecular complexity index is 1260. The van der Waals surface area contributed by atoms with Crippen LogP contribution in [0.15, 0.2) is 76.7 Å². The van der Waals surface area contributed by atoms with Crippen LogP contribution in [0.4, 0.5) is 21.5 Å². The Hall–Kier alpha value is -3.50. The molecule has 0 saturated heterocycles. The second-order valence-electron chi connectivity index (χ2n) is 6.37. The van der Waals surface area contributed by atoms with Gasteiger partial charge in [-0.2, -0.15) is 5.10 Å². The largest absolute Gasteiger partial charge is 0.295 e. The summed E-state index contributed by atoms with van der Waals surface area (Å²) in [6, 6.07) is 15.0. The molecule has 0 fully saturated rings. The molecule has 0 aliphatic rings. The van der Waals surface area contributed by atoms with Crippen molar-refractivity contribution in [2.75, 3.05) is 10.1 Å². The Morgan fingerprint density at radius 3 is 2.45 bits per heavy atom. The first-order valence-electron chi connectivity index (χ1n) is 8.79. The van der Waals surface area contributed by atoms with Crippen LogP contribution < -0.4 is 10.1 Å². The first-order chi connectivity index (χ1) is 14.7. The van der Waals surface area contributed by atoms with Gasteiger partial charge in [-0.3, -0.25) is 20.3 Å². The monoisotopic (exact) mass is 462 g/mol. The van der Waals surface area contributed by atoms with Gasteiger partial charge in [0.15, 0.2) is 0 Å². The van der Waals surface area contributed by atoms with E-state index in [1.807, 2.05) is 0 Å². The molecule has 2 N–H and O–H groups in total. The maximum Gasteiger partial charge on any atom is 0.295 e. The van der Waals surface area contributed by atoms with E-state index in [4.69, 9.17) is 11.6 Å². The smallest absolute Gasteiger partial charge is 0.280 e. The molecule has 0 aliphatic heterocycles. The van der Waals surface area contributed by atoms with Crippen LogP contribution in [-0.4, -0.2) is 19.1 Å². The van der Waals surface area contributed by atoms with E-state index in [2.05, 4.69) is 15.2 Å². The van der Waals surface area contributed by atoms with Crippen molar-refractivity contribution < 1.29 is 17.7 Å². The highest BCUT2D eigenvalue weighted by molar-refractivity contribution is 7.92. The summed E-state index contributed by atoms with van der Waals surface area (Å²) >= 11 is 5.86. The lowest BCUT2D eigenvalue weighted by atomic mass is 10.1. The second-order valence-corrected chi connectivity index (χ2v) is 8.49.